The van der Waals surface area contributed by atoms with E-state index >= 15 is 0 Å². The Balaban J connectivity index is 0.000000404. The number of aromatic nitrogens is 3. The molecule has 1 aromatic rings. The number of aliphatic carboxylic acids is 2. The number of alkyl halides is 6. The second-order valence-electron chi connectivity index (χ2n) is 8.26. The highest BCUT2D eigenvalue weighted by Gasteiger charge is 2.38. The minimum Gasteiger partial charge on any atom is -0.475 e. The summed E-state index contributed by atoms with van der Waals surface area (Å²) in [4.78, 5) is 22.7. The number of rotatable bonds is 6. The number of likely N-dealkylation sites (tertiary alicyclic amines) is 1. The van der Waals surface area contributed by atoms with E-state index < -0.39 is 24.3 Å². The molecule has 2 aliphatic rings. The first-order valence-electron chi connectivity index (χ1n) is 11.3. The van der Waals surface area contributed by atoms with Crippen molar-refractivity contribution in [3.05, 3.63) is 24.0 Å². The molecule has 3 heterocycles. The Morgan fingerprint density at radius 2 is 1.62 bits per heavy atom. The number of ether oxygens (including phenoxy) is 1. The first kappa shape index (κ1) is 32.3. The van der Waals surface area contributed by atoms with Crippen molar-refractivity contribution >= 4 is 11.9 Å². The average molecular weight is 547 g/mol. The molecule has 16 heteroatoms. The number of hydrogen-bond acceptors (Lipinski definition) is 7. The number of morpholine rings is 1. The maximum Gasteiger partial charge on any atom is 0.490 e. The van der Waals surface area contributed by atoms with Gasteiger partial charge in [-0.2, -0.15) is 26.3 Å². The van der Waals surface area contributed by atoms with Gasteiger partial charge in [0.1, 0.15) is 0 Å². The lowest BCUT2D eigenvalue weighted by Gasteiger charge is -2.31. The molecule has 0 amide bonds. The Hall–Kier alpha value is -2.72. The molecule has 2 saturated heterocycles. The van der Waals surface area contributed by atoms with Gasteiger partial charge in [0.15, 0.2) is 0 Å². The minimum atomic E-state index is -5.08. The summed E-state index contributed by atoms with van der Waals surface area (Å²) >= 11 is 0. The van der Waals surface area contributed by atoms with Gasteiger partial charge in [0.25, 0.3) is 0 Å². The molecule has 10 nitrogen and oxygen atoms in total. The van der Waals surface area contributed by atoms with Gasteiger partial charge in [-0.05, 0) is 32.2 Å². The largest absolute Gasteiger partial charge is 0.490 e. The van der Waals surface area contributed by atoms with E-state index in [1.165, 1.54) is 25.9 Å². The zero-order valence-electron chi connectivity index (χ0n) is 20.2. The van der Waals surface area contributed by atoms with E-state index in [1.54, 1.807) is 0 Å². The van der Waals surface area contributed by atoms with Crippen LogP contribution in [-0.2, 0) is 27.4 Å². The predicted octanol–water partition coefficient (Wildman–Crippen LogP) is 2.67. The molecule has 37 heavy (non-hydrogen) atoms. The SMILES string of the molecule is CC=CCN1CCCC(Cn2cc(CN3CCOCC3)nn2)C1.O=C(O)C(F)(F)F.O=C(O)C(F)(F)F. The smallest absolute Gasteiger partial charge is 0.475 e. The van der Waals surface area contributed by atoms with Gasteiger partial charge in [0.2, 0.25) is 0 Å². The van der Waals surface area contributed by atoms with Crippen LogP contribution >= 0.6 is 0 Å². The lowest BCUT2D eigenvalue weighted by molar-refractivity contribution is -0.193. The fourth-order valence-corrected chi connectivity index (χ4v) is 3.47. The number of nitrogens with zero attached hydrogens (tertiary/aromatic N) is 5. The lowest BCUT2D eigenvalue weighted by atomic mass is 9.98. The number of carboxylic acids is 2. The molecule has 212 valence electrons. The zero-order chi connectivity index (χ0) is 28.1. The average Bonchev–Trinajstić information content (AvgIpc) is 3.24. The summed E-state index contributed by atoms with van der Waals surface area (Å²) < 4.78 is 70.9. The normalized spacial score (nSPS) is 19.5. The second-order valence-corrected chi connectivity index (χ2v) is 8.26. The third kappa shape index (κ3) is 14.0. The van der Waals surface area contributed by atoms with E-state index in [1.807, 2.05) is 4.68 Å². The Morgan fingerprint density at radius 3 is 2.14 bits per heavy atom. The van der Waals surface area contributed by atoms with Gasteiger partial charge in [-0.25, -0.2) is 9.59 Å². The van der Waals surface area contributed by atoms with Crippen LogP contribution in [0.1, 0.15) is 25.5 Å². The van der Waals surface area contributed by atoms with Crippen LogP contribution in [0.25, 0.3) is 0 Å². The minimum absolute atomic E-state index is 0.687. The third-order valence-corrected chi connectivity index (χ3v) is 5.21. The van der Waals surface area contributed by atoms with Crippen molar-refractivity contribution in [2.45, 2.75) is 45.2 Å². The summed E-state index contributed by atoms with van der Waals surface area (Å²) in [6.07, 6.45) is -1.07. The van der Waals surface area contributed by atoms with Crippen molar-refractivity contribution < 1.29 is 50.9 Å². The molecule has 2 N–H and O–H groups in total. The van der Waals surface area contributed by atoms with Crippen LogP contribution in [0, 0.1) is 5.92 Å². The number of halogens is 6. The molecule has 0 bridgehead atoms. The van der Waals surface area contributed by atoms with Crippen LogP contribution in [-0.4, -0.2) is 105 Å². The van der Waals surface area contributed by atoms with E-state index in [2.05, 4.69) is 45.4 Å². The molecule has 0 radical (unpaired) electrons. The predicted molar refractivity (Wildman–Crippen MR) is 117 cm³/mol. The summed E-state index contributed by atoms with van der Waals surface area (Å²) in [5, 5.41) is 22.9. The highest BCUT2D eigenvalue weighted by Crippen LogP contribution is 2.18. The van der Waals surface area contributed by atoms with Crippen molar-refractivity contribution in [3.8, 4) is 0 Å². The Bertz CT molecular complexity index is 832. The summed E-state index contributed by atoms with van der Waals surface area (Å²) in [7, 11) is 0. The van der Waals surface area contributed by atoms with Gasteiger partial charge in [0, 0.05) is 45.5 Å². The standard InChI is InChI=1S/C17H29N5O.2C2HF3O2/c1-2-3-6-20-7-4-5-16(12-20)13-22-15-17(18-19-22)14-21-8-10-23-11-9-21;2*3-2(4,5)1(6)7/h2-3,15-16H,4-14H2,1H3;2*(H,6,7). The second kappa shape index (κ2) is 15.5. The molecule has 1 aromatic heterocycles. The first-order valence-corrected chi connectivity index (χ1v) is 11.3. The Labute approximate surface area is 209 Å². The molecule has 0 saturated carbocycles. The molecule has 2 aliphatic heterocycles. The molecule has 2 fully saturated rings. The number of piperidine rings is 1. The number of hydrogen-bond donors (Lipinski definition) is 2. The van der Waals surface area contributed by atoms with Gasteiger partial charge >= 0.3 is 24.3 Å². The van der Waals surface area contributed by atoms with Gasteiger partial charge in [-0.15, -0.1) is 5.10 Å². The topological polar surface area (TPSA) is 121 Å². The summed E-state index contributed by atoms with van der Waals surface area (Å²) in [5.41, 5.74) is 1.08. The lowest BCUT2D eigenvalue weighted by Crippen LogP contribution is -2.37. The molecule has 3 rings (SSSR count). The monoisotopic (exact) mass is 547 g/mol. The molecule has 0 aromatic carbocycles. The molecular formula is C21H31F6N5O5. The quantitative estimate of drug-likeness (QED) is 0.409. The van der Waals surface area contributed by atoms with Crippen molar-refractivity contribution in [3.63, 3.8) is 0 Å². The molecule has 0 aliphatic carbocycles. The molecular weight excluding hydrogens is 516 g/mol. The molecule has 0 spiro atoms. The maximum absolute atomic E-state index is 10.6. The number of allylic oxidation sites excluding steroid dienone is 1. The van der Waals surface area contributed by atoms with E-state index in [4.69, 9.17) is 24.5 Å². The van der Waals surface area contributed by atoms with Crippen LogP contribution in [0.5, 0.6) is 0 Å². The van der Waals surface area contributed by atoms with Gasteiger partial charge in [0.05, 0.1) is 18.9 Å². The van der Waals surface area contributed by atoms with Crippen molar-refractivity contribution in [1.29, 1.82) is 0 Å². The van der Waals surface area contributed by atoms with Crippen molar-refractivity contribution in [2.24, 2.45) is 5.92 Å². The van der Waals surface area contributed by atoms with Crippen LogP contribution < -0.4 is 0 Å². The van der Waals surface area contributed by atoms with Crippen molar-refractivity contribution in [1.82, 2.24) is 24.8 Å². The Morgan fingerprint density at radius 1 is 1.05 bits per heavy atom. The highest BCUT2D eigenvalue weighted by atomic mass is 19.4. The van der Waals surface area contributed by atoms with Crippen LogP contribution in [0.4, 0.5) is 26.3 Å². The summed E-state index contributed by atoms with van der Waals surface area (Å²) in [6.45, 7) is 11.1. The third-order valence-electron chi connectivity index (χ3n) is 5.21. The molecule has 1 atom stereocenters. The Kier molecular flexibility index (Phi) is 13.5. The van der Waals surface area contributed by atoms with Crippen molar-refractivity contribution in [2.75, 3.05) is 45.9 Å². The number of carbonyl (C=O) groups is 2. The van der Waals surface area contributed by atoms with Gasteiger partial charge < -0.3 is 14.9 Å². The van der Waals surface area contributed by atoms with Gasteiger partial charge in [-0.1, -0.05) is 17.4 Å². The fourth-order valence-electron chi connectivity index (χ4n) is 3.47. The first-order chi connectivity index (χ1) is 17.2. The molecule has 1 unspecified atom stereocenters. The zero-order valence-corrected chi connectivity index (χ0v) is 20.2. The van der Waals surface area contributed by atoms with Crippen LogP contribution in [0.2, 0.25) is 0 Å². The van der Waals surface area contributed by atoms with E-state index in [0.717, 1.165) is 51.6 Å². The summed E-state index contributed by atoms with van der Waals surface area (Å²) in [5.74, 6) is -4.83. The summed E-state index contributed by atoms with van der Waals surface area (Å²) in [6, 6.07) is 0. The van der Waals surface area contributed by atoms with Crippen LogP contribution in [0.15, 0.2) is 18.3 Å². The maximum atomic E-state index is 10.6. The van der Waals surface area contributed by atoms with E-state index in [0.29, 0.717) is 5.92 Å². The van der Waals surface area contributed by atoms with E-state index in [-0.39, 0.29) is 0 Å². The van der Waals surface area contributed by atoms with Crippen LogP contribution in [0.3, 0.4) is 0 Å². The fraction of sp³-hybridized carbons (Fsp3) is 0.714. The van der Waals surface area contributed by atoms with Gasteiger partial charge in [-0.3, -0.25) is 14.5 Å². The number of carboxylic acid groups (broad SMARTS) is 2. The highest BCUT2D eigenvalue weighted by molar-refractivity contribution is 5.73. The van der Waals surface area contributed by atoms with E-state index in [9.17, 15) is 26.3 Å².